The van der Waals surface area contributed by atoms with Crippen LogP contribution in [0.3, 0.4) is 0 Å². The minimum Gasteiger partial charge on any atom is -0.349 e. The number of nitrogens with one attached hydrogen (secondary N) is 1. The van der Waals surface area contributed by atoms with E-state index >= 15 is 0 Å². The van der Waals surface area contributed by atoms with Crippen molar-refractivity contribution in [1.82, 2.24) is 19.9 Å². The Morgan fingerprint density at radius 1 is 1.35 bits per heavy atom. The van der Waals surface area contributed by atoms with Gasteiger partial charge in [0.05, 0.1) is 10.7 Å². The van der Waals surface area contributed by atoms with Crippen molar-refractivity contribution in [3.8, 4) is 0 Å². The molecule has 1 aliphatic carbocycles. The van der Waals surface area contributed by atoms with Gasteiger partial charge in [-0.25, -0.2) is 9.97 Å². The summed E-state index contributed by atoms with van der Waals surface area (Å²) in [6.45, 7) is 3.84. The number of amides is 1. The summed E-state index contributed by atoms with van der Waals surface area (Å²) in [5.41, 5.74) is 0.837. The quantitative estimate of drug-likeness (QED) is 0.919. The van der Waals surface area contributed by atoms with Crippen molar-refractivity contribution in [3.05, 3.63) is 28.0 Å². The smallest absolute Gasteiger partial charge is 0.263 e. The lowest BCUT2D eigenvalue weighted by Gasteiger charge is -2.28. The largest absolute Gasteiger partial charge is 0.349 e. The molecule has 3 rings (SSSR count). The molecule has 5 nitrogen and oxygen atoms in total. The highest BCUT2D eigenvalue weighted by Crippen LogP contribution is 2.32. The van der Waals surface area contributed by atoms with Gasteiger partial charge in [-0.3, -0.25) is 4.79 Å². The van der Waals surface area contributed by atoms with E-state index < -0.39 is 0 Å². The molecule has 0 unspecified atom stereocenters. The molecule has 23 heavy (non-hydrogen) atoms. The Morgan fingerprint density at radius 3 is 2.65 bits per heavy atom. The number of nitrogens with zero attached hydrogens (tertiary/aromatic N) is 3. The maximum absolute atomic E-state index is 12.4. The number of hydrogen-bond donors (Lipinski definition) is 1. The molecule has 1 amide bonds. The molecule has 2 aromatic heterocycles. The predicted molar refractivity (Wildman–Crippen MR) is 94.2 cm³/mol. The van der Waals surface area contributed by atoms with Crippen LogP contribution in [0.2, 0.25) is 0 Å². The van der Waals surface area contributed by atoms with Gasteiger partial charge in [0.2, 0.25) is 0 Å². The summed E-state index contributed by atoms with van der Waals surface area (Å²) in [7, 11) is 2.03. The van der Waals surface area contributed by atoms with E-state index in [1.165, 1.54) is 11.3 Å². The first-order valence-electron chi connectivity index (χ1n) is 7.92. The zero-order valence-electron chi connectivity index (χ0n) is 13.7. The molecular formula is C16H22N4OS2. The van der Waals surface area contributed by atoms with Gasteiger partial charge in [0.1, 0.15) is 4.88 Å². The molecule has 0 aromatic carbocycles. The molecule has 7 heteroatoms. The third-order valence-electron chi connectivity index (χ3n) is 4.17. The van der Waals surface area contributed by atoms with E-state index in [2.05, 4.69) is 19.9 Å². The van der Waals surface area contributed by atoms with Crippen LogP contribution in [-0.4, -0.2) is 31.7 Å². The second-order valence-electron chi connectivity index (χ2n) is 6.03. The van der Waals surface area contributed by atoms with Gasteiger partial charge in [-0.15, -0.1) is 11.3 Å². The fraction of sp³-hybridized carbons (Fsp3) is 0.562. The highest BCUT2D eigenvalue weighted by atomic mass is 32.2. The van der Waals surface area contributed by atoms with Gasteiger partial charge < -0.3 is 9.88 Å². The third kappa shape index (κ3) is 3.95. The van der Waals surface area contributed by atoms with Crippen LogP contribution >= 0.6 is 23.1 Å². The Morgan fingerprint density at radius 2 is 2.09 bits per heavy atom. The van der Waals surface area contributed by atoms with Crippen molar-refractivity contribution in [1.29, 1.82) is 0 Å². The summed E-state index contributed by atoms with van der Waals surface area (Å²) in [5, 5.41) is 5.80. The average Bonchev–Trinajstić information content (AvgIpc) is 3.07. The number of rotatable bonds is 4. The second-order valence-corrected chi connectivity index (χ2v) is 8.50. The Labute approximate surface area is 144 Å². The predicted octanol–water partition coefficient (Wildman–Crippen LogP) is 3.33. The standard InChI is InChI=1S/C16H22N4OS2/c1-10-14(22-11(2)18-10)15(21)19-12-4-6-13(7-5-12)23-16-17-8-9-20(16)3/h8-9,12-13H,4-7H2,1-3H3,(H,19,21). The van der Waals surface area contributed by atoms with Gasteiger partial charge in [-0.05, 0) is 39.5 Å². The normalized spacial score (nSPS) is 21.3. The molecule has 0 aliphatic heterocycles. The Balaban J connectivity index is 1.50. The third-order valence-corrected chi connectivity index (χ3v) is 6.65. The van der Waals surface area contributed by atoms with Gasteiger partial charge in [0, 0.05) is 30.7 Å². The lowest BCUT2D eigenvalue weighted by Crippen LogP contribution is -2.38. The van der Waals surface area contributed by atoms with Crippen molar-refractivity contribution < 1.29 is 4.79 Å². The number of thioether (sulfide) groups is 1. The SMILES string of the molecule is Cc1nc(C)c(C(=O)NC2CCC(Sc3nccn3C)CC2)s1. The van der Waals surface area contributed by atoms with Crippen molar-refractivity contribution in [2.45, 2.75) is 56.0 Å². The molecular weight excluding hydrogens is 328 g/mol. The number of carbonyl (C=O) groups excluding carboxylic acids is 1. The fourth-order valence-corrected chi connectivity index (χ4v) is 4.91. The van der Waals surface area contributed by atoms with E-state index in [9.17, 15) is 4.79 Å². The molecule has 1 saturated carbocycles. The van der Waals surface area contributed by atoms with Crippen LogP contribution in [0.5, 0.6) is 0 Å². The van der Waals surface area contributed by atoms with Crippen molar-refractivity contribution >= 4 is 29.0 Å². The minimum atomic E-state index is 0.0355. The highest BCUT2D eigenvalue weighted by molar-refractivity contribution is 7.99. The van der Waals surface area contributed by atoms with E-state index in [1.807, 2.05) is 45.1 Å². The summed E-state index contributed by atoms with van der Waals surface area (Å²) in [6.07, 6.45) is 8.11. The van der Waals surface area contributed by atoms with Crippen LogP contribution in [0.25, 0.3) is 0 Å². The monoisotopic (exact) mass is 350 g/mol. The van der Waals surface area contributed by atoms with E-state index in [0.29, 0.717) is 5.25 Å². The molecule has 1 N–H and O–H groups in total. The van der Waals surface area contributed by atoms with Crippen LogP contribution in [0.4, 0.5) is 0 Å². The Bertz CT molecular complexity index is 686. The second kappa shape index (κ2) is 7.05. The highest BCUT2D eigenvalue weighted by Gasteiger charge is 2.25. The zero-order chi connectivity index (χ0) is 16.4. The first kappa shape index (κ1) is 16.5. The first-order valence-corrected chi connectivity index (χ1v) is 9.61. The van der Waals surface area contributed by atoms with E-state index in [1.54, 1.807) is 0 Å². The van der Waals surface area contributed by atoms with Crippen LogP contribution in [0.1, 0.15) is 46.1 Å². The lowest BCUT2D eigenvalue weighted by atomic mass is 9.95. The van der Waals surface area contributed by atoms with Crippen LogP contribution in [-0.2, 0) is 7.05 Å². The fourth-order valence-electron chi connectivity index (χ4n) is 2.93. The summed E-state index contributed by atoms with van der Waals surface area (Å²) in [5.74, 6) is 0.0355. The number of hydrogen-bond acceptors (Lipinski definition) is 5. The van der Waals surface area contributed by atoms with Gasteiger partial charge >= 0.3 is 0 Å². The molecule has 124 valence electrons. The lowest BCUT2D eigenvalue weighted by molar-refractivity contribution is 0.0931. The van der Waals surface area contributed by atoms with Gasteiger partial charge in [-0.2, -0.15) is 0 Å². The minimum absolute atomic E-state index is 0.0355. The van der Waals surface area contributed by atoms with E-state index in [0.717, 1.165) is 46.4 Å². The molecule has 0 atom stereocenters. The first-order chi connectivity index (χ1) is 11.0. The van der Waals surface area contributed by atoms with Crippen molar-refractivity contribution in [2.24, 2.45) is 7.05 Å². The molecule has 0 bridgehead atoms. The topological polar surface area (TPSA) is 59.8 Å². The van der Waals surface area contributed by atoms with E-state index in [4.69, 9.17) is 0 Å². The molecule has 2 heterocycles. The zero-order valence-corrected chi connectivity index (χ0v) is 15.3. The van der Waals surface area contributed by atoms with Crippen LogP contribution < -0.4 is 5.32 Å². The van der Waals surface area contributed by atoms with Crippen LogP contribution in [0.15, 0.2) is 17.6 Å². The summed E-state index contributed by atoms with van der Waals surface area (Å²) in [6, 6.07) is 0.280. The Kier molecular flexibility index (Phi) is 5.06. The number of carbonyl (C=O) groups is 1. The van der Waals surface area contributed by atoms with E-state index in [-0.39, 0.29) is 11.9 Å². The van der Waals surface area contributed by atoms with Gasteiger partial charge in [0.25, 0.3) is 5.91 Å². The van der Waals surface area contributed by atoms with Crippen LogP contribution in [0, 0.1) is 13.8 Å². The maximum atomic E-state index is 12.4. The molecule has 1 aliphatic rings. The number of aryl methyl sites for hydroxylation is 3. The molecule has 2 aromatic rings. The Hall–Kier alpha value is -1.34. The van der Waals surface area contributed by atoms with Crippen molar-refractivity contribution in [2.75, 3.05) is 0 Å². The van der Waals surface area contributed by atoms with Gasteiger partial charge in [0.15, 0.2) is 5.16 Å². The molecule has 1 fully saturated rings. The summed E-state index contributed by atoms with van der Waals surface area (Å²) in [4.78, 5) is 21.8. The molecule has 0 radical (unpaired) electrons. The van der Waals surface area contributed by atoms with Crippen molar-refractivity contribution in [3.63, 3.8) is 0 Å². The summed E-state index contributed by atoms with van der Waals surface area (Å²) >= 11 is 3.33. The molecule has 0 spiro atoms. The molecule has 0 saturated heterocycles. The number of thiazole rings is 1. The summed E-state index contributed by atoms with van der Waals surface area (Å²) < 4.78 is 2.06. The number of imidazole rings is 1. The number of aromatic nitrogens is 3. The average molecular weight is 351 g/mol. The van der Waals surface area contributed by atoms with Gasteiger partial charge in [-0.1, -0.05) is 11.8 Å². The maximum Gasteiger partial charge on any atom is 0.263 e.